The number of ether oxygens (including phenoxy) is 3. The molecule has 0 bridgehead atoms. The van der Waals surface area contributed by atoms with Crippen molar-refractivity contribution in [3.63, 3.8) is 0 Å². The van der Waals surface area contributed by atoms with Crippen LogP contribution in [0.25, 0.3) is 0 Å². The smallest absolute Gasteiger partial charge is 0.248 e. The topological polar surface area (TPSA) is 56.8 Å². The van der Waals surface area contributed by atoms with Crippen molar-refractivity contribution >= 4 is 17.5 Å². The molecule has 5 nitrogen and oxygen atoms in total. The fourth-order valence-corrected chi connectivity index (χ4v) is 4.00. The van der Waals surface area contributed by atoms with Crippen molar-refractivity contribution in [2.75, 3.05) is 33.0 Å². The van der Waals surface area contributed by atoms with Crippen molar-refractivity contribution in [2.24, 2.45) is 0 Å². The molecule has 0 aromatic heterocycles. The van der Waals surface area contributed by atoms with Crippen molar-refractivity contribution in [1.82, 2.24) is 5.32 Å². The van der Waals surface area contributed by atoms with Crippen LogP contribution < -0.4 is 5.32 Å². The van der Waals surface area contributed by atoms with E-state index in [-0.39, 0.29) is 17.4 Å². The Morgan fingerprint density at radius 3 is 2.85 bits per heavy atom. The molecule has 1 amide bonds. The van der Waals surface area contributed by atoms with E-state index in [4.69, 9.17) is 25.8 Å². The zero-order valence-corrected chi connectivity index (χ0v) is 16.8. The lowest BCUT2D eigenvalue weighted by Gasteiger charge is -2.38. The zero-order valence-electron chi connectivity index (χ0n) is 16.0. The summed E-state index contributed by atoms with van der Waals surface area (Å²) in [6.45, 7) is 5.00. The number of hydrogen-bond acceptors (Lipinski definition) is 4. The van der Waals surface area contributed by atoms with Crippen molar-refractivity contribution in [2.45, 2.75) is 56.7 Å². The molecule has 2 unspecified atom stereocenters. The molecule has 27 heavy (non-hydrogen) atoms. The lowest BCUT2D eigenvalue weighted by Crippen LogP contribution is -2.47. The molecule has 0 saturated carbocycles. The van der Waals surface area contributed by atoms with Gasteiger partial charge in [-0.1, -0.05) is 23.7 Å². The van der Waals surface area contributed by atoms with Gasteiger partial charge in [0.05, 0.1) is 12.7 Å². The highest BCUT2D eigenvalue weighted by atomic mass is 35.5. The summed E-state index contributed by atoms with van der Waals surface area (Å²) in [5, 5.41) is 3.81. The first-order chi connectivity index (χ1) is 13.1. The first-order valence-corrected chi connectivity index (χ1v) is 10.3. The highest BCUT2D eigenvalue weighted by molar-refractivity contribution is 6.30. The number of nitrogens with one attached hydrogen (secondary N) is 1. The summed E-state index contributed by atoms with van der Waals surface area (Å²) in [6, 6.07) is 7.93. The minimum atomic E-state index is -0.494. The fourth-order valence-electron chi connectivity index (χ4n) is 3.81. The number of rotatable bonds is 7. The molecule has 150 valence electrons. The molecule has 2 fully saturated rings. The van der Waals surface area contributed by atoms with Crippen LogP contribution in [0.5, 0.6) is 0 Å². The number of carbonyl (C=O) groups excluding carboxylic acids is 1. The molecular weight excluding hydrogens is 366 g/mol. The van der Waals surface area contributed by atoms with E-state index in [2.05, 4.69) is 11.4 Å². The number of carbonyl (C=O) groups is 1. The minimum Gasteiger partial charge on any atom is -0.381 e. The number of amides is 1. The number of halogens is 1. The van der Waals surface area contributed by atoms with Crippen LogP contribution in [0.1, 0.15) is 44.6 Å². The maximum absolute atomic E-state index is 12.6. The van der Waals surface area contributed by atoms with Crippen LogP contribution in [0.15, 0.2) is 24.3 Å². The van der Waals surface area contributed by atoms with Gasteiger partial charge < -0.3 is 19.5 Å². The van der Waals surface area contributed by atoms with Crippen LogP contribution in [-0.4, -0.2) is 51.1 Å². The van der Waals surface area contributed by atoms with Gasteiger partial charge >= 0.3 is 0 Å². The summed E-state index contributed by atoms with van der Waals surface area (Å²) in [5.41, 5.74) is 1.01. The average molecular weight is 396 g/mol. The molecule has 3 rings (SSSR count). The van der Waals surface area contributed by atoms with E-state index in [1.807, 2.05) is 18.2 Å². The highest BCUT2D eigenvalue weighted by Gasteiger charge is 2.35. The molecule has 2 aliphatic heterocycles. The van der Waals surface area contributed by atoms with Crippen LogP contribution in [0.2, 0.25) is 5.02 Å². The third kappa shape index (κ3) is 5.67. The summed E-state index contributed by atoms with van der Waals surface area (Å²) in [4.78, 5) is 12.6. The monoisotopic (exact) mass is 395 g/mol. The van der Waals surface area contributed by atoms with Gasteiger partial charge in [-0.15, -0.1) is 0 Å². The van der Waals surface area contributed by atoms with Gasteiger partial charge in [-0.3, -0.25) is 4.79 Å². The van der Waals surface area contributed by atoms with E-state index >= 15 is 0 Å². The second-order valence-electron chi connectivity index (χ2n) is 7.58. The van der Waals surface area contributed by atoms with E-state index in [0.29, 0.717) is 31.4 Å². The highest BCUT2D eigenvalue weighted by Crippen LogP contribution is 2.35. The van der Waals surface area contributed by atoms with Crippen molar-refractivity contribution in [3.8, 4) is 0 Å². The van der Waals surface area contributed by atoms with Gasteiger partial charge in [-0.05, 0) is 56.7 Å². The van der Waals surface area contributed by atoms with Crippen LogP contribution in [-0.2, 0) is 24.4 Å². The van der Waals surface area contributed by atoms with Gasteiger partial charge in [-0.2, -0.15) is 0 Å². The predicted octanol–water partition coefficient (Wildman–Crippen LogP) is 3.48. The Bertz CT molecular complexity index is 612. The average Bonchev–Trinajstić information content (AvgIpc) is 2.71. The Labute approximate surface area is 166 Å². The van der Waals surface area contributed by atoms with Crippen LogP contribution in [0.4, 0.5) is 0 Å². The molecule has 2 atom stereocenters. The third-order valence-electron chi connectivity index (χ3n) is 5.66. The molecule has 2 heterocycles. The van der Waals surface area contributed by atoms with Crippen LogP contribution in [0.3, 0.4) is 0 Å². The summed E-state index contributed by atoms with van der Waals surface area (Å²) >= 11 is 6.20. The number of benzene rings is 1. The summed E-state index contributed by atoms with van der Waals surface area (Å²) in [7, 11) is 0. The van der Waals surface area contributed by atoms with Crippen molar-refractivity contribution < 1.29 is 19.0 Å². The first-order valence-electron chi connectivity index (χ1n) is 9.94. The molecule has 1 aromatic carbocycles. The van der Waals surface area contributed by atoms with Gasteiger partial charge in [0.1, 0.15) is 6.10 Å². The minimum absolute atomic E-state index is 0.0845. The predicted molar refractivity (Wildman–Crippen MR) is 105 cm³/mol. The summed E-state index contributed by atoms with van der Waals surface area (Å²) in [5.74, 6) is -0.0845. The van der Waals surface area contributed by atoms with Crippen molar-refractivity contribution in [3.05, 3.63) is 34.9 Å². The van der Waals surface area contributed by atoms with E-state index in [1.54, 1.807) is 6.92 Å². The molecule has 6 heteroatoms. The van der Waals surface area contributed by atoms with E-state index < -0.39 is 6.10 Å². The standard InChI is InChI=1S/C21H30ClNO4/c1-16(27-14-19-7-2-3-10-26-19)20(24)23-15-21(8-11-25-12-9-21)17-5-4-6-18(22)13-17/h4-6,13,16,19H,2-3,7-12,14-15H2,1H3,(H,23,24). The van der Waals surface area contributed by atoms with Gasteiger partial charge in [0.25, 0.3) is 0 Å². The van der Waals surface area contributed by atoms with E-state index in [1.165, 1.54) is 6.42 Å². The molecule has 0 spiro atoms. The molecule has 2 saturated heterocycles. The fraction of sp³-hybridized carbons (Fsp3) is 0.667. The SMILES string of the molecule is CC(OCC1CCCCO1)C(=O)NCC1(c2cccc(Cl)c2)CCOCC1. The summed E-state index contributed by atoms with van der Waals surface area (Å²) in [6.07, 6.45) is 4.62. The Hall–Kier alpha value is -1.14. The molecule has 1 aromatic rings. The van der Waals surface area contributed by atoms with Gasteiger partial charge in [-0.25, -0.2) is 0 Å². The quantitative estimate of drug-likeness (QED) is 0.767. The Kier molecular flexibility index (Phi) is 7.53. The maximum Gasteiger partial charge on any atom is 0.248 e. The first kappa shape index (κ1) is 20.6. The van der Waals surface area contributed by atoms with Crippen LogP contribution >= 0.6 is 11.6 Å². The largest absolute Gasteiger partial charge is 0.381 e. The molecule has 2 aliphatic rings. The zero-order chi connectivity index (χ0) is 19.1. The van der Waals surface area contributed by atoms with Gasteiger partial charge in [0.2, 0.25) is 5.91 Å². The summed E-state index contributed by atoms with van der Waals surface area (Å²) < 4.78 is 17.0. The van der Waals surface area contributed by atoms with E-state index in [9.17, 15) is 4.79 Å². The molecule has 0 radical (unpaired) electrons. The Morgan fingerprint density at radius 1 is 1.33 bits per heavy atom. The van der Waals surface area contributed by atoms with E-state index in [0.717, 1.165) is 37.9 Å². The maximum atomic E-state index is 12.6. The molecular formula is C21H30ClNO4. The lowest BCUT2D eigenvalue weighted by atomic mass is 9.74. The lowest BCUT2D eigenvalue weighted by molar-refractivity contribution is -0.136. The normalized spacial score (nSPS) is 23.6. The third-order valence-corrected chi connectivity index (χ3v) is 5.90. The Balaban J connectivity index is 1.55. The molecule has 1 N–H and O–H groups in total. The van der Waals surface area contributed by atoms with Crippen LogP contribution in [0, 0.1) is 0 Å². The van der Waals surface area contributed by atoms with Gasteiger partial charge in [0.15, 0.2) is 0 Å². The number of hydrogen-bond donors (Lipinski definition) is 1. The Morgan fingerprint density at radius 2 is 2.15 bits per heavy atom. The van der Waals surface area contributed by atoms with Crippen molar-refractivity contribution in [1.29, 1.82) is 0 Å². The second-order valence-corrected chi connectivity index (χ2v) is 8.02. The van der Waals surface area contributed by atoms with Gasteiger partial charge in [0, 0.05) is 36.8 Å². The molecule has 0 aliphatic carbocycles. The second kappa shape index (κ2) is 9.87.